The summed E-state index contributed by atoms with van der Waals surface area (Å²) in [5.41, 5.74) is 3.99. The smallest absolute Gasteiger partial charge is 0.326 e. The SMILES string of the molecule is CC[C@@H](Nc1c(C#N)c(-c2ccc(-c3cccc(C)c3F)cc2)nc2cnccc12)C(=O)O.Cl. The van der Waals surface area contributed by atoms with Gasteiger partial charge in [-0.05, 0) is 30.5 Å². The first kappa shape index (κ1) is 24.6. The number of hydrogen-bond acceptors (Lipinski definition) is 5. The van der Waals surface area contributed by atoms with Gasteiger partial charge in [0.05, 0.1) is 23.1 Å². The molecule has 6 nitrogen and oxygen atoms in total. The molecule has 0 radical (unpaired) electrons. The van der Waals surface area contributed by atoms with E-state index >= 15 is 0 Å². The van der Waals surface area contributed by atoms with Crippen LogP contribution in [0, 0.1) is 24.1 Å². The average molecular weight is 477 g/mol. The zero-order chi connectivity index (χ0) is 23.5. The van der Waals surface area contributed by atoms with Crippen molar-refractivity contribution >= 4 is 35.0 Å². The maximum absolute atomic E-state index is 14.6. The minimum atomic E-state index is -1.01. The summed E-state index contributed by atoms with van der Waals surface area (Å²) in [6.45, 7) is 3.47. The molecule has 0 saturated carbocycles. The van der Waals surface area contributed by atoms with Crippen LogP contribution in [-0.4, -0.2) is 27.1 Å². The normalized spacial score (nSPS) is 11.4. The van der Waals surface area contributed by atoms with Crippen LogP contribution in [0.15, 0.2) is 60.9 Å². The molecule has 2 heterocycles. The van der Waals surface area contributed by atoms with Gasteiger partial charge in [-0.3, -0.25) is 4.98 Å². The fourth-order valence-electron chi connectivity index (χ4n) is 3.77. The molecule has 4 rings (SSSR count). The number of halogens is 2. The second-order valence-electron chi connectivity index (χ2n) is 7.67. The van der Waals surface area contributed by atoms with E-state index in [-0.39, 0.29) is 23.8 Å². The third-order valence-corrected chi connectivity index (χ3v) is 5.59. The van der Waals surface area contributed by atoms with Gasteiger partial charge < -0.3 is 10.4 Å². The minimum Gasteiger partial charge on any atom is -0.480 e. The number of rotatable bonds is 6. The first-order valence-corrected chi connectivity index (χ1v) is 10.5. The highest BCUT2D eigenvalue weighted by Gasteiger charge is 2.22. The Hall–Kier alpha value is -4.02. The van der Waals surface area contributed by atoms with E-state index in [2.05, 4.69) is 21.4 Å². The Kier molecular flexibility index (Phi) is 7.44. The Morgan fingerprint density at radius 2 is 1.88 bits per heavy atom. The van der Waals surface area contributed by atoms with E-state index in [0.717, 1.165) is 0 Å². The van der Waals surface area contributed by atoms with Gasteiger partial charge in [-0.1, -0.05) is 49.4 Å². The van der Waals surface area contributed by atoms with Crippen molar-refractivity contribution in [2.75, 3.05) is 5.32 Å². The number of carbonyl (C=O) groups is 1. The lowest BCUT2D eigenvalue weighted by Gasteiger charge is -2.18. The Balaban J connectivity index is 0.00000324. The number of nitrogens with zero attached hydrogens (tertiary/aromatic N) is 3. The average Bonchev–Trinajstić information content (AvgIpc) is 2.83. The zero-order valence-corrected chi connectivity index (χ0v) is 19.4. The van der Waals surface area contributed by atoms with E-state index < -0.39 is 12.0 Å². The fourth-order valence-corrected chi connectivity index (χ4v) is 3.77. The maximum Gasteiger partial charge on any atom is 0.326 e. The fraction of sp³-hybridized carbons (Fsp3) is 0.154. The molecule has 2 aromatic heterocycles. The van der Waals surface area contributed by atoms with Crippen molar-refractivity contribution in [2.24, 2.45) is 0 Å². The van der Waals surface area contributed by atoms with Crippen LogP contribution in [0.2, 0.25) is 0 Å². The lowest BCUT2D eigenvalue weighted by atomic mass is 9.97. The van der Waals surface area contributed by atoms with Crippen LogP contribution < -0.4 is 5.32 Å². The van der Waals surface area contributed by atoms with Crippen molar-refractivity contribution in [1.29, 1.82) is 5.26 Å². The summed E-state index contributed by atoms with van der Waals surface area (Å²) >= 11 is 0. The first-order chi connectivity index (χ1) is 15.9. The Morgan fingerprint density at radius 3 is 2.53 bits per heavy atom. The minimum absolute atomic E-state index is 0. The van der Waals surface area contributed by atoms with E-state index in [0.29, 0.717) is 51.0 Å². The summed E-state index contributed by atoms with van der Waals surface area (Å²) in [6, 6.07) is 15.4. The molecule has 0 unspecified atom stereocenters. The highest BCUT2D eigenvalue weighted by atomic mass is 35.5. The molecule has 0 aliphatic carbocycles. The van der Waals surface area contributed by atoms with Gasteiger partial charge in [0.1, 0.15) is 23.5 Å². The summed E-state index contributed by atoms with van der Waals surface area (Å²) in [7, 11) is 0. The number of carboxylic acid groups (broad SMARTS) is 1. The number of aliphatic carboxylic acids is 1. The van der Waals surface area contributed by atoms with E-state index in [1.165, 1.54) is 0 Å². The van der Waals surface area contributed by atoms with Crippen molar-refractivity contribution in [3.05, 3.63) is 77.9 Å². The molecule has 0 spiro atoms. The molecule has 2 N–H and O–H groups in total. The number of fused-ring (bicyclic) bond motifs is 1. The molecule has 172 valence electrons. The quantitative estimate of drug-likeness (QED) is 0.355. The summed E-state index contributed by atoms with van der Waals surface area (Å²) in [5.74, 6) is -1.28. The summed E-state index contributed by atoms with van der Waals surface area (Å²) < 4.78 is 14.6. The third kappa shape index (κ3) is 4.54. The van der Waals surface area contributed by atoms with Gasteiger partial charge in [0.2, 0.25) is 0 Å². The van der Waals surface area contributed by atoms with Gasteiger partial charge in [0.25, 0.3) is 0 Å². The molecule has 0 saturated heterocycles. The third-order valence-electron chi connectivity index (χ3n) is 5.59. The van der Waals surface area contributed by atoms with Gasteiger partial charge in [-0.15, -0.1) is 12.4 Å². The van der Waals surface area contributed by atoms with Gasteiger partial charge >= 0.3 is 5.97 Å². The predicted molar refractivity (Wildman–Crippen MR) is 132 cm³/mol. The molecule has 0 aliphatic heterocycles. The van der Waals surface area contributed by atoms with Crippen molar-refractivity contribution in [3.63, 3.8) is 0 Å². The Bertz CT molecular complexity index is 1400. The molecule has 1 atom stereocenters. The molecule has 8 heteroatoms. The van der Waals surface area contributed by atoms with Crippen LogP contribution in [0.25, 0.3) is 33.3 Å². The number of carboxylic acids is 1. The Labute approximate surface area is 202 Å². The van der Waals surface area contributed by atoms with Gasteiger partial charge in [-0.25, -0.2) is 14.2 Å². The second kappa shape index (κ2) is 10.3. The molecule has 0 aliphatic rings. The van der Waals surface area contributed by atoms with Crippen LogP contribution in [-0.2, 0) is 4.79 Å². The molecule has 2 aromatic carbocycles. The first-order valence-electron chi connectivity index (χ1n) is 10.5. The molecule has 0 bridgehead atoms. The number of nitrogens with one attached hydrogen (secondary N) is 1. The van der Waals surface area contributed by atoms with Crippen molar-refractivity contribution in [1.82, 2.24) is 9.97 Å². The van der Waals surface area contributed by atoms with E-state index in [4.69, 9.17) is 0 Å². The number of pyridine rings is 2. The van der Waals surface area contributed by atoms with E-state index in [9.17, 15) is 19.6 Å². The van der Waals surface area contributed by atoms with Crippen molar-refractivity contribution in [3.8, 4) is 28.5 Å². The van der Waals surface area contributed by atoms with Crippen molar-refractivity contribution in [2.45, 2.75) is 26.3 Å². The van der Waals surface area contributed by atoms with Crippen LogP contribution in [0.3, 0.4) is 0 Å². The molecular weight excluding hydrogens is 455 g/mol. The van der Waals surface area contributed by atoms with Crippen LogP contribution in [0.5, 0.6) is 0 Å². The topological polar surface area (TPSA) is 98.9 Å². The summed E-state index contributed by atoms with van der Waals surface area (Å²) in [4.78, 5) is 20.4. The number of aryl methyl sites for hydroxylation is 1. The standard InChI is InChI=1S/C26H21FN4O2.ClH/c1-3-21(26(32)33)30-25-19-11-12-29-14-22(19)31-24(20(25)13-28)17-9-7-16(8-10-17)18-6-4-5-15(2)23(18)27;/h4-12,14,21H,3H2,1-2H3,(H,30,31)(H,32,33);1H/t21-;/m1./s1. The van der Waals surface area contributed by atoms with E-state index in [1.54, 1.807) is 74.8 Å². The highest BCUT2D eigenvalue weighted by molar-refractivity contribution is 5.99. The van der Waals surface area contributed by atoms with E-state index in [1.807, 2.05) is 0 Å². The second-order valence-corrected chi connectivity index (χ2v) is 7.67. The molecule has 0 amide bonds. The largest absolute Gasteiger partial charge is 0.480 e. The molecule has 0 fully saturated rings. The Morgan fingerprint density at radius 1 is 1.18 bits per heavy atom. The lowest BCUT2D eigenvalue weighted by Crippen LogP contribution is -2.29. The van der Waals surface area contributed by atoms with Crippen molar-refractivity contribution < 1.29 is 14.3 Å². The number of benzene rings is 2. The van der Waals surface area contributed by atoms with Crippen LogP contribution >= 0.6 is 12.4 Å². The predicted octanol–water partition coefficient (Wildman–Crippen LogP) is 5.98. The van der Waals surface area contributed by atoms with Gasteiger partial charge in [0, 0.05) is 22.7 Å². The summed E-state index contributed by atoms with van der Waals surface area (Å²) in [6.07, 6.45) is 3.48. The zero-order valence-electron chi connectivity index (χ0n) is 18.5. The van der Waals surface area contributed by atoms with Gasteiger partial charge in [0.15, 0.2) is 0 Å². The molecular formula is C26H22ClFN4O2. The summed E-state index contributed by atoms with van der Waals surface area (Å²) in [5, 5.41) is 23.2. The van der Waals surface area contributed by atoms with Crippen LogP contribution in [0.4, 0.5) is 10.1 Å². The highest BCUT2D eigenvalue weighted by Crippen LogP contribution is 2.35. The number of anilines is 1. The lowest BCUT2D eigenvalue weighted by molar-refractivity contribution is -0.137. The number of nitriles is 1. The maximum atomic E-state index is 14.6. The monoisotopic (exact) mass is 476 g/mol. The molecule has 4 aromatic rings. The number of aromatic nitrogens is 2. The molecule has 34 heavy (non-hydrogen) atoms. The van der Waals surface area contributed by atoms with Crippen LogP contribution in [0.1, 0.15) is 24.5 Å². The van der Waals surface area contributed by atoms with Gasteiger partial charge in [-0.2, -0.15) is 5.26 Å². The number of hydrogen-bond donors (Lipinski definition) is 2.